The summed E-state index contributed by atoms with van der Waals surface area (Å²) in [6, 6.07) is 0. The van der Waals surface area contributed by atoms with Crippen molar-refractivity contribution < 1.29 is 0 Å². The third-order valence-corrected chi connectivity index (χ3v) is 3.95. The molecule has 2 atom stereocenters. The van der Waals surface area contributed by atoms with E-state index in [0.717, 1.165) is 10.5 Å². The molecule has 1 saturated heterocycles. The van der Waals surface area contributed by atoms with Gasteiger partial charge in [-0.25, -0.2) is 0 Å². The molecule has 0 aromatic rings. The second-order valence-electron chi connectivity index (χ2n) is 1.88. The van der Waals surface area contributed by atoms with Crippen LogP contribution in [0.2, 0.25) is 0 Å². The van der Waals surface area contributed by atoms with E-state index >= 15 is 0 Å². The Kier molecular flexibility index (Phi) is 0.798. The van der Waals surface area contributed by atoms with Gasteiger partial charge in [0.1, 0.15) is 0 Å². The first-order chi connectivity index (χ1) is 2.73. The van der Waals surface area contributed by atoms with E-state index in [4.69, 9.17) is 0 Å². The average Bonchev–Trinajstić information content (AvgIpc) is 1.94. The molecule has 0 bridgehead atoms. The molecule has 0 aromatic carbocycles. The number of rotatable bonds is 0. The maximum Gasteiger partial charge on any atom is 0.00784 e. The fourth-order valence-corrected chi connectivity index (χ4v) is 1.81. The van der Waals surface area contributed by atoms with Gasteiger partial charge >= 0.3 is 0 Å². The Balaban J connectivity index is 2.51. The minimum absolute atomic E-state index is 0.549. The molecule has 36 valence electrons. The van der Waals surface area contributed by atoms with Gasteiger partial charge in [0, 0.05) is 10.5 Å². The third kappa shape index (κ3) is 0.419. The van der Waals surface area contributed by atoms with Crippen LogP contribution in [0, 0.1) is 0 Å². The Hall–Kier alpha value is 0.220. The summed E-state index contributed by atoms with van der Waals surface area (Å²) >= 11 is 0. The molecule has 1 aliphatic rings. The maximum atomic E-state index is 3.94. The highest BCUT2D eigenvalue weighted by Gasteiger charge is 2.31. The SMILES string of the molecule is C=S1C(C)C1C. The molecule has 1 heteroatoms. The van der Waals surface area contributed by atoms with Gasteiger partial charge in [-0.1, -0.05) is 19.7 Å². The van der Waals surface area contributed by atoms with E-state index in [9.17, 15) is 0 Å². The van der Waals surface area contributed by atoms with Crippen LogP contribution < -0.4 is 0 Å². The second-order valence-corrected chi connectivity index (χ2v) is 4.31. The van der Waals surface area contributed by atoms with E-state index in [0.29, 0.717) is 10.5 Å². The normalized spacial score (nSPS) is 55.3. The molecular weight excluding hydrogens is 92.1 g/mol. The summed E-state index contributed by atoms with van der Waals surface area (Å²) < 4.78 is 0. The quantitative estimate of drug-likeness (QED) is 0.321. The molecule has 0 N–H and O–H groups in total. The van der Waals surface area contributed by atoms with Crippen molar-refractivity contribution >= 4 is 16.4 Å². The molecule has 0 nitrogen and oxygen atoms in total. The van der Waals surface area contributed by atoms with Gasteiger partial charge in [-0.2, -0.15) is 10.5 Å². The van der Waals surface area contributed by atoms with Crippen LogP contribution in [0.4, 0.5) is 0 Å². The van der Waals surface area contributed by atoms with E-state index < -0.39 is 0 Å². The zero-order valence-corrected chi connectivity index (χ0v) is 5.09. The third-order valence-electron chi connectivity index (χ3n) is 1.54. The molecule has 1 aliphatic heterocycles. The standard InChI is InChI=1S/C5H10S/c1-4-5(2)6(4)3/h4-5H,3H2,1-2H3. The van der Waals surface area contributed by atoms with Crippen LogP contribution >= 0.6 is 10.5 Å². The van der Waals surface area contributed by atoms with Gasteiger partial charge in [-0.05, 0) is 0 Å². The predicted octanol–water partition coefficient (Wildman–Crippen LogP) is 1.48. The number of hydrogen-bond donors (Lipinski definition) is 0. The Morgan fingerprint density at radius 2 is 1.50 bits per heavy atom. The molecule has 0 radical (unpaired) electrons. The Morgan fingerprint density at radius 1 is 1.33 bits per heavy atom. The van der Waals surface area contributed by atoms with E-state index in [-0.39, 0.29) is 0 Å². The van der Waals surface area contributed by atoms with Gasteiger partial charge in [-0.15, -0.1) is 0 Å². The van der Waals surface area contributed by atoms with E-state index in [1.54, 1.807) is 0 Å². The van der Waals surface area contributed by atoms with Gasteiger partial charge in [0.25, 0.3) is 0 Å². The van der Waals surface area contributed by atoms with Crippen LogP contribution in [-0.2, 0) is 0 Å². The minimum Gasteiger partial charge on any atom is -0.185 e. The summed E-state index contributed by atoms with van der Waals surface area (Å²) in [6.07, 6.45) is 0. The topological polar surface area (TPSA) is 0 Å². The molecule has 0 saturated carbocycles. The summed E-state index contributed by atoms with van der Waals surface area (Å²) in [7, 11) is 0.549. The van der Waals surface area contributed by atoms with Crippen molar-refractivity contribution in [1.29, 1.82) is 0 Å². The molecule has 1 fully saturated rings. The monoisotopic (exact) mass is 102 g/mol. The molecule has 0 amide bonds. The highest BCUT2D eigenvalue weighted by atomic mass is 32.2. The highest BCUT2D eigenvalue weighted by molar-refractivity contribution is 8.21. The molecule has 2 unspecified atom stereocenters. The van der Waals surface area contributed by atoms with Crippen molar-refractivity contribution in [3.63, 3.8) is 0 Å². The zero-order valence-electron chi connectivity index (χ0n) is 4.27. The van der Waals surface area contributed by atoms with Gasteiger partial charge < -0.3 is 0 Å². The summed E-state index contributed by atoms with van der Waals surface area (Å²) in [6.45, 7) is 4.53. The lowest BCUT2D eigenvalue weighted by Gasteiger charge is -1.63. The van der Waals surface area contributed by atoms with Gasteiger partial charge in [0.15, 0.2) is 0 Å². The van der Waals surface area contributed by atoms with Gasteiger partial charge in [-0.3, -0.25) is 0 Å². The van der Waals surface area contributed by atoms with E-state index in [2.05, 4.69) is 19.7 Å². The summed E-state index contributed by atoms with van der Waals surface area (Å²) in [5, 5.41) is 1.87. The van der Waals surface area contributed by atoms with Crippen LogP contribution in [-0.4, -0.2) is 16.4 Å². The van der Waals surface area contributed by atoms with Gasteiger partial charge in [0.2, 0.25) is 0 Å². The molecule has 0 aromatic heterocycles. The predicted molar refractivity (Wildman–Crippen MR) is 33.6 cm³/mol. The largest absolute Gasteiger partial charge is 0.185 e. The van der Waals surface area contributed by atoms with Crippen LogP contribution in [0.3, 0.4) is 0 Å². The fraction of sp³-hybridized carbons (Fsp3) is 0.800. The second kappa shape index (κ2) is 1.09. The van der Waals surface area contributed by atoms with Crippen LogP contribution in [0.5, 0.6) is 0 Å². The Labute approximate surface area is 41.5 Å². The molecular formula is C5H10S. The zero-order chi connectivity index (χ0) is 4.73. The Bertz CT molecular complexity index is 75.9. The highest BCUT2D eigenvalue weighted by Crippen LogP contribution is 2.46. The first-order valence-corrected chi connectivity index (χ1v) is 3.77. The van der Waals surface area contributed by atoms with Crippen molar-refractivity contribution in [3.05, 3.63) is 0 Å². The molecule has 1 rings (SSSR count). The lowest BCUT2D eigenvalue weighted by atomic mass is 10.4. The minimum atomic E-state index is 0.549. The first-order valence-electron chi connectivity index (χ1n) is 2.25. The average molecular weight is 102 g/mol. The number of hydrogen-bond acceptors (Lipinski definition) is 0. The molecule has 0 spiro atoms. The lowest BCUT2D eigenvalue weighted by Crippen LogP contribution is -1.74. The van der Waals surface area contributed by atoms with Crippen LogP contribution in [0.25, 0.3) is 0 Å². The first kappa shape index (κ1) is 4.38. The van der Waals surface area contributed by atoms with Crippen molar-refractivity contribution in [1.82, 2.24) is 0 Å². The van der Waals surface area contributed by atoms with Crippen molar-refractivity contribution in [2.45, 2.75) is 24.3 Å². The van der Waals surface area contributed by atoms with Crippen LogP contribution in [0.15, 0.2) is 0 Å². The maximum absolute atomic E-state index is 3.94. The van der Waals surface area contributed by atoms with Gasteiger partial charge in [0.05, 0.1) is 0 Å². The lowest BCUT2D eigenvalue weighted by molar-refractivity contribution is 1.05. The smallest absolute Gasteiger partial charge is 0.00784 e. The van der Waals surface area contributed by atoms with E-state index in [1.165, 1.54) is 0 Å². The Morgan fingerprint density at radius 3 is 1.50 bits per heavy atom. The summed E-state index contributed by atoms with van der Waals surface area (Å²) in [5.74, 6) is 3.94. The van der Waals surface area contributed by atoms with Crippen molar-refractivity contribution in [3.8, 4) is 0 Å². The molecule has 1 heterocycles. The van der Waals surface area contributed by atoms with Crippen molar-refractivity contribution in [2.75, 3.05) is 0 Å². The molecule has 0 aliphatic carbocycles. The van der Waals surface area contributed by atoms with Crippen LogP contribution in [0.1, 0.15) is 13.8 Å². The summed E-state index contributed by atoms with van der Waals surface area (Å²) in [5.41, 5.74) is 0. The van der Waals surface area contributed by atoms with E-state index in [1.807, 2.05) is 0 Å². The molecule has 6 heavy (non-hydrogen) atoms. The fourth-order valence-electron chi connectivity index (χ4n) is 0.525. The summed E-state index contributed by atoms with van der Waals surface area (Å²) in [4.78, 5) is 0. The van der Waals surface area contributed by atoms with Crippen molar-refractivity contribution in [2.24, 2.45) is 0 Å².